The van der Waals surface area contributed by atoms with Crippen LogP contribution >= 0.6 is 0 Å². The molecular weight excluding hydrogens is 266 g/mol. The van der Waals surface area contributed by atoms with Crippen LogP contribution in [0.4, 0.5) is 0 Å². The average Bonchev–Trinajstić information content (AvgIpc) is 2.55. The van der Waals surface area contributed by atoms with E-state index in [0.29, 0.717) is 19.7 Å². The van der Waals surface area contributed by atoms with Crippen LogP contribution in [0.1, 0.15) is 24.4 Å². The van der Waals surface area contributed by atoms with Crippen molar-refractivity contribution >= 4 is 5.91 Å². The predicted molar refractivity (Wildman–Crippen MR) is 80.7 cm³/mol. The van der Waals surface area contributed by atoms with Crippen LogP contribution < -0.4 is 11.1 Å². The number of piperidine rings is 1. The van der Waals surface area contributed by atoms with E-state index in [9.17, 15) is 4.79 Å². The standard InChI is InChI=1S/C16H23N3O2/c17-14(13-4-2-1-3-5-13)15(20)19-10-11-21-16(12-19)6-8-18-9-7-16/h1-5,14,18H,6-12,17H2/t14-/m1/s1. The van der Waals surface area contributed by atoms with Gasteiger partial charge in [-0.1, -0.05) is 30.3 Å². The minimum atomic E-state index is -0.580. The number of rotatable bonds is 2. The van der Waals surface area contributed by atoms with Gasteiger partial charge in [0.05, 0.1) is 12.2 Å². The van der Waals surface area contributed by atoms with Crippen molar-refractivity contribution in [1.82, 2.24) is 10.2 Å². The summed E-state index contributed by atoms with van der Waals surface area (Å²) < 4.78 is 6.00. The van der Waals surface area contributed by atoms with Gasteiger partial charge in [0, 0.05) is 13.1 Å². The van der Waals surface area contributed by atoms with E-state index in [4.69, 9.17) is 10.5 Å². The molecule has 0 unspecified atom stereocenters. The van der Waals surface area contributed by atoms with Crippen LogP contribution in [0.2, 0.25) is 0 Å². The van der Waals surface area contributed by atoms with Crippen molar-refractivity contribution in [3.63, 3.8) is 0 Å². The van der Waals surface area contributed by atoms with Crippen molar-refractivity contribution in [2.24, 2.45) is 5.73 Å². The SMILES string of the molecule is N[C@@H](C(=O)N1CCOC2(CCNCC2)C1)c1ccccc1. The smallest absolute Gasteiger partial charge is 0.244 e. The van der Waals surface area contributed by atoms with E-state index in [1.54, 1.807) is 0 Å². The summed E-state index contributed by atoms with van der Waals surface area (Å²) in [6, 6.07) is 8.99. The normalized spacial score (nSPS) is 23.0. The molecule has 1 aromatic rings. The fourth-order valence-corrected chi connectivity index (χ4v) is 3.22. The van der Waals surface area contributed by atoms with Crippen molar-refractivity contribution < 1.29 is 9.53 Å². The highest BCUT2D eigenvalue weighted by Crippen LogP contribution is 2.28. The highest BCUT2D eigenvalue weighted by atomic mass is 16.5. The molecule has 5 heteroatoms. The monoisotopic (exact) mass is 289 g/mol. The zero-order chi connectivity index (χ0) is 14.7. The molecule has 0 radical (unpaired) electrons. The number of morpholine rings is 1. The molecule has 1 amide bonds. The van der Waals surface area contributed by atoms with E-state index < -0.39 is 6.04 Å². The summed E-state index contributed by atoms with van der Waals surface area (Å²) in [5, 5.41) is 3.34. The molecule has 2 aliphatic heterocycles. The van der Waals surface area contributed by atoms with Gasteiger partial charge in [0.25, 0.3) is 0 Å². The first kappa shape index (κ1) is 14.5. The van der Waals surface area contributed by atoms with Crippen molar-refractivity contribution in [2.45, 2.75) is 24.5 Å². The fraction of sp³-hybridized carbons (Fsp3) is 0.562. The summed E-state index contributed by atoms with van der Waals surface area (Å²) >= 11 is 0. The van der Waals surface area contributed by atoms with E-state index in [0.717, 1.165) is 31.5 Å². The van der Waals surface area contributed by atoms with Gasteiger partial charge >= 0.3 is 0 Å². The van der Waals surface area contributed by atoms with E-state index in [1.807, 2.05) is 35.2 Å². The molecule has 114 valence electrons. The van der Waals surface area contributed by atoms with E-state index in [1.165, 1.54) is 0 Å². The average molecular weight is 289 g/mol. The number of hydrogen-bond donors (Lipinski definition) is 2. The van der Waals surface area contributed by atoms with Gasteiger partial charge in [0.2, 0.25) is 5.91 Å². The van der Waals surface area contributed by atoms with Crippen molar-refractivity contribution in [1.29, 1.82) is 0 Å². The van der Waals surface area contributed by atoms with E-state index >= 15 is 0 Å². The van der Waals surface area contributed by atoms with Crippen molar-refractivity contribution in [3.05, 3.63) is 35.9 Å². The Kier molecular flexibility index (Phi) is 4.24. The molecule has 0 saturated carbocycles. The Morgan fingerprint density at radius 2 is 2.00 bits per heavy atom. The molecule has 2 heterocycles. The Hall–Kier alpha value is -1.43. The number of carbonyl (C=O) groups is 1. The van der Waals surface area contributed by atoms with Gasteiger partial charge in [-0.05, 0) is 31.5 Å². The van der Waals surface area contributed by atoms with Gasteiger partial charge in [0.1, 0.15) is 6.04 Å². The lowest BCUT2D eigenvalue weighted by Crippen LogP contribution is -2.58. The second-order valence-electron chi connectivity index (χ2n) is 5.93. The third-order valence-corrected chi connectivity index (χ3v) is 4.50. The molecule has 2 aliphatic rings. The predicted octanol–water partition coefficient (Wildman–Crippen LogP) is 0.667. The highest BCUT2D eigenvalue weighted by Gasteiger charge is 2.40. The minimum absolute atomic E-state index is 0.00223. The van der Waals surface area contributed by atoms with Crippen LogP contribution in [0.3, 0.4) is 0 Å². The third-order valence-electron chi connectivity index (χ3n) is 4.50. The van der Waals surface area contributed by atoms with E-state index in [-0.39, 0.29) is 11.5 Å². The summed E-state index contributed by atoms with van der Waals surface area (Å²) in [5.74, 6) is 0.00223. The van der Waals surface area contributed by atoms with E-state index in [2.05, 4.69) is 5.32 Å². The highest BCUT2D eigenvalue weighted by molar-refractivity contribution is 5.83. The lowest BCUT2D eigenvalue weighted by atomic mass is 9.90. The number of benzene rings is 1. The number of nitrogens with zero attached hydrogens (tertiary/aromatic N) is 1. The Labute approximate surface area is 125 Å². The number of amides is 1. The number of hydrogen-bond acceptors (Lipinski definition) is 4. The maximum atomic E-state index is 12.7. The molecule has 3 rings (SSSR count). The number of nitrogens with one attached hydrogen (secondary N) is 1. The van der Waals surface area contributed by atoms with Gasteiger partial charge in [-0.15, -0.1) is 0 Å². The number of carbonyl (C=O) groups excluding carboxylic acids is 1. The van der Waals surface area contributed by atoms with Crippen LogP contribution in [-0.4, -0.2) is 49.2 Å². The molecule has 0 bridgehead atoms. The molecule has 0 aliphatic carbocycles. The number of nitrogens with two attached hydrogens (primary N) is 1. The Bertz CT molecular complexity index is 480. The maximum absolute atomic E-state index is 12.7. The molecule has 5 nitrogen and oxygen atoms in total. The quantitative estimate of drug-likeness (QED) is 0.839. The Balaban J connectivity index is 1.69. The van der Waals surface area contributed by atoms with Crippen molar-refractivity contribution in [2.75, 3.05) is 32.8 Å². The second kappa shape index (κ2) is 6.13. The van der Waals surface area contributed by atoms with Crippen LogP contribution in [-0.2, 0) is 9.53 Å². The molecule has 2 saturated heterocycles. The van der Waals surface area contributed by atoms with Crippen LogP contribution in [0.5, 0.6) is 0 Å². The van der Waals surface area contributed by atoms with Gasteiger partial charge in [0.15, 0.2) is 0 Å². The Morgan fingerprint density at radius 1 is 1.29 bits per heavy atom. The zero-order valence-electron chi connectivity index (χ0n) is 12.3. The zero-order valence-corrected chi connectivity index (χ0v) is 12.3. The first-order chi connectivity index (χ1) is 10.2. The summed E-state index contributed by atoms with van der Waals surface area (Å²) in [7, 11) is 0. The summed E-state index contributed by atoms with van der Waals surface area (Å²) in [4.78, 5) is 14.5. The summed E-state index contributed by atoms with van der Waals surface area (Å²) in [6.07, 6.45) is 1.91. The molecule has 1 atom stereocenters. The Morgan fingerprint density at radius 3 is 2.71 bits per heavy atom. The second-order valence-corrected chi connectivity index (χ2v) is 5.93. The molecule has 21 heavy (non-hydrogen) atoms. The molecular formula is C16H23N3O2. The first-order valence-corrected chi connectivity index (χ1v) is 7.64. The van der Waals surface area contributed by atoms with Gasteiger partial charge in [-0.2, -0.15) is 0 Å². The van der Waals surface area contributed by atoms with Gasteiger partial charge in [-0.3, -0.25) is 4.79 Å². The molecule has 0 aromatic heterocycles. The topological polar surface area (TPSA) is 67.6 Å². The summed E-state index contributed by atoms with van der Waals surface area (Å²) in [5.41, 5.74) is 6.84. The molecule has 3 N–H and O–H groups in total. The molecule has 1 aromatic carbocycles. The summed E-state index contributed by atoms with van der Waals surface area (Å²) in [6.45, 7) is 3.80. The lowest BCUT2D eigenvalue weighted by molar-refractivity contribution is -0.156. The van der Waals surface area contributed by atoms with Gasteiger partial charge in [-0.25, -0.2) is 0 Å². The van der Waals surface area contributed by atoms with Gasteiger partial charge < -0.3 is 20.7 Å². The van der Waals surface area contributed by atoms with Crippen molar-refractivity contribution in [3.8, 4) is 0 Å². The largest absolute Gasteiger partial charge is 0.371 e. The fourth-order valence-electron chi connectivity index (χ4n) is 3.22. The molecule has 1 spiro atoms. The first-order valence-electron chi connectivity index (χ1n) is 7.64. The van der Waals surface area contributed by atoms with Crippen LogP contribution in [0, 0.1) is 0 Å². The minimum Gasteiger partial charge on any atom is -0.371 e. The van der Waals surface area contributed by atoms with Crippen LogP contribution in [0.15, 0.2) is 30.3 Å². The molecule has 2 fully saturated rings. The number of ether oxygens (including phenoxy) is 1. The third kappa shape index (κ3) is 3.10. The lowest BCUT2D eigenvalue weighted by Gasteiger charge is -2.45. The van der Waals surface area contributed by atoms with Crippen LogP contribution in [0.25, 0.3) is 0 Å². The maximum Gasteiger partial charge on any atom is 0.244 e.